The molecule has 0 atom stereocenters. The molecule has 4 aromatic carbocycles. The predicted molar refractivity (Wildman–Crippen MR) is 127 cm³/mol. The quantitative estimate of drug-likeness (QED) is 0.307. The zero-order valence-corrected chi connectivity index (χ0v) is 17.2. The molecule has 5 rings (SSSR count). The summed E-state index contributed by atoms with van der Waals surface area (Å²) in [6, 6.07) is 43.8. The van der Waals surface area contributed by atoms with Gasteiger partial charge in [-0.2, -0.15) is 0 Å². The summed E-state index contributed by atoms with van der Waals surface area (Å²) in [6.07, 6.45) is 3.39. The van der Waals surface area contributed by atoms with Crippen LogP contribution in [0.5, 0.6) is 0 Å². The van der Waals surface area contributed by atoms with Crippen molar-refractivity contribution in [2.24, 2.45) is 0 Å². The summed E-state index contributed by atoms with van der Waals surface area (Å²) in [5.74, 6) is 0. The minimum atomic E-state index is -0.00124. The van der Waals surface area contributed by atoms with E-state index in [9.17, 15) is 0 Å². The zero-order valence-electron chi connectivity index (χ0n) is 17.2. The molecule has 0 aromatic heterocycles. The first-order valence-corrected chi connectivity index (χ1v) is 10.8. The normalized spacial score (nSPS) is 14.5. The molecule has 4 aromatic rings. The van der Waals surface area contributed by atoms with E-state index in [-0.39, 0.29) is 5.41 Å². The lowest BCUT2D eigenvalue weighted by atomic mass is 9.80. The van der Waals surface area contributed by atoms with Gasteiger partial charge in [0.1, 0.15) is 0 Å². The summed E-state index contributed by atoms with van der Waals surface area (Å²) in [5, 5.41) is 0. The summed E-state index contributed by atoms with van der Waals surface area (Å²) in [4.78, 5) is 0. The number of allylic oxidation sites excluding steroid dienone is 2. The molecule has 30 heavy (non-hydrogen) atoms. The fourth-order valence-corrected chi connectivity index (χ4v) is 4.92. The van der Waals surface area contributed by atoms with E-state index < -0.39 is 0 Å². The maximum Gasteiger partial charge on any atom is 0.0470 e. The van der Waals surface area contributed by atoms with Crippen molar-refractivity contribution in [2.45, 2.75) is 24.7 Å². The number of aryl methyl sites for hydroxylation is 1. The smallest absolute Gasteiger partial charge is 0.0470 e. The van der Waals surface area contributed by atoms with Gasteiger partial charge in [0.25, 0.3) is 0 Å². The third-order valence-electron chi connectivity index (χ3n) is 6.29. The van der Waals surface area contributed by atoms with Gasteiger partial charge in [0, 0.05) is 5.41 Å². The van der Waals surface area contributed by atoms with Crippen molar-refractivity contribution in [3.63, 3.8) is 0 Å². The van der Waals surface area contributed by atoms with Gasteiger partial charge in [0.2, 0.25) is 0 Å². The first kappa shape index (κ1) is 18.6. The number of hydrogen-bond donors (Lipinski definition) is 0. The minimum absolute atomic E-state index is 0.00124. The fraction of sp³-hybridized carbons (Fsp3) is 0.133. The van der Waals surface area contributed by atoms with Gasteiger partial charge < -0.3 is 0 Å². The van der Waals surface area contributed by atoms with Crippen LogP contribution in [0.15, 0.2) is 121 Å². The van der Waals surface area contributed by atoms with Crippen LogP contribution in [0.2, 0.25) is 0 Å². The summed E-state index contributed by atoms with van der Waals surface area (Å²) >= 11 is 0. The van der Waals surface area contributed by atoms with Gasteiger partial charge in [-0.3, -0.25) is 0 Å². The van der Waals surface area contributed by atoms with Crippen LogP contribution in [0.25, 0.3) is 11.1 Å². The molecule has 0 unspecified atom stereocenters. The molecule has 146 valence electrons. The number of rotatable bonds is 7. The van der Waals surface area contributed by atoms with Crippen LogP contribution in [0.3, 0.4) is 0 Å². The van der Waals surface area contributed by atoms with E-state index in [0.29, 0.717) is 0 Å². The molecule has 0 heterocycles. The Hall–Kier alpha value is -3.38. The molecule has 0 nitrogen and oxygen atoms in total. The summed E-state index contributed by atoms with van der Waals surface area (Å²) in [5.41, 5.74) is 8.51. The monoisotopic (exact) mass is 386 g/mol. The van der Waals surface area contributed by atoms with Crippen LogP contribution < -0.4 is 0 Å². The van der Waals surface area contributed by atoms with Crippen LogP contribution in [-0.4, -0.2) is 0 Å². The second-order valence-corrected chi connectivity index (χ2v) is 8.09. The van der Waals surface area contributed by atoms with Gasteiger partial charge in [-0.15, -0.1) is 0 Å². The molecular weight excluding hydrogens is 360 g/mol. The highest BCUT2D eigenvalue weighted by Crippen LogP contribution is 2.66. The number of hydrogen-bond acceptors (Lipinski definition) is 0. The molecule has 1 aliphatic carbocycles. The molecule has 0 fully saturated rings. The Morgan fingerprint density at radius 3 is 1.40 bits per heavy atom. The van der Waals surface area contributed by atoms with Crippen molar-refractivity contribution in [3.05, 3.63) is 144 Å². The van der Waals surface area contributed by atoms with Crippen molar-refractivity contribution < 1.29 is 0 Å². The molecule has 0 bridgehead atoms. The van der Waals surface area contributed by atoms with Crippen molar-refractivity contribution in [1.29, 1.82) is 0 Å². The Labute approximate surface area is 179 Å². The largest absolute Gasteiger partial charge is 0.0622 e. The molecule has 0 aliphatic heterocycles. The lowest BCUT2D eigenvalue weighted by Crippen LogP contribution is -2.14. The standard InChI is InChI=1S/C30H26/c1-5-14-24(15-6-1)16-13-23-30(27-21-11-4-12-22-27)28(25-17-7-2-8-18-25)29(30)26-19-9-3-10-20-26/h1-12,14-15,17-22H,13,16,23H2. The first-order valence-electron chi connectivity index (χ1n) is 10.8. The third kappa shape index (κ3) is 3.39. The van der Waals surface area contributed by atoms with Crippen molar-refractivity contribution in [1.82, 2.24) is 0 Å². The maximum absolute atomic E-state index is 2.31. The van der Waals surface area contributed by atoms with Gasteiger partial charge in [-0.1, -0.05) is 121 Å². The first-order chi connectivity index (χ1) is 14.9. The Bertz CT molecular complexity index is 1070. The van der Waals surface area contributed by atoms with Crippen LogP contribution in [0.4, 0.5) is 0 Å². The summed E-state index contributed by atoms with van der Waals surface area (Å²) in [7, 11) is 0. The number of benzene rings is 4. The van der Waals surface area contributed by atoms with Crippen LogP contribution >= 0.6 is 0 Å². The average molecular weight is 387 g/mol. The topological polar surface area (TPSA) is 0 Å². The predicted octanol–water partition coefficient (Wildman–Crippen LogP) is 7.57. The molecule has 0 amide bonds. The molecule has 0 saturated carbocycles. The van der Waals surface area contributed by atoms with Crippen LogP contribution in [0.1, 0.15) is 35.1 Å². The Balaban J connectivity index is 1.55. The molecule has 0 spiro atoms. The highest BCUT2D eigenvalue weighted by atomic mass is 14.6. The zero-order chi connectivity index (χ0) is 20.2. The van der Waals surface area contributed by atoms with Gasteiger partial charge in [-0.05, 0) is 52.7 Å². The van der Waals surface area contributed by atoms with E-state index in [0.717, 1.165) is 19.3 Å². The molecular formula is C30H26. The SMILES string of the molecule is c1ccc(CCCC2(c3ccccc3)C(c3ccccc3)=C2c2ccccc2)cc1. The van der Waals surface area contributed by atoms with E-state index >= 15 is 0 Å². The molecule has 0 N–H and O–H groups in total. The van der Waals surface area contributed by atoms with Gasteiger partial charge in [0.05, 0.1) is 0 Å². The second kappa shape index (κ2) is 8.16. The second-order valence-electron chi connectivity index (χ2n) is 8.09. The molecule has 0 radical (unpaired) electrons. The highest BCUT2D eigenvalue weighted by molar-refractivity contribution is 6.19. The lowest BCUT2D eigenvalue weighted by molar-refractivity contribution is 0.640. The van der Waals surface area contributed by atoms with Gasteiger partial charge in [-0.25, -0.2) is 0 Å². The Morgan fingerprint density at radius 2 is 0.900 bits per heavy atom. The van der Waals surface area contributed by atoms with E-state index in [2.05, 4.69) is 121 Å². The van der Waals surface area contributed by atoms with Crippen LogP contribution in [-0.2, 0) is 11.8 Å². The Morgan fingerprint density at radius 1 is 0.467 bits per heavy atom. The van der Waals surface area contributed by atoms with Gasteiger partial charge >= 0.3 is 0 Å². The maximum atomic E-state index is 2.31. The van der Waals surface area contributed by atoms with Crippen molar-refractivity contribution >= 4 is 11.1 Å². The van der Waals surface area contributed by atoms with E-state index in [1.807, 2.05) is 0 Å². The van der Waals surface area contributed by atoms with E-state index in [4.69, 9.17) is 0 Å². The van der Waals surface area contributed by atoms with E-state index in [1.54, 1.807) is 0 Å². The molecule has 0 saturated heterocycles. The summed E-state index contributed by atoms with van der Waals surface area (Å²) in [6.45, 7) is 0. The molecule has 0 heteroatoms. The third-order valence-corrected chi connectivity index (χ3v) is 6.29. The fourth-order valence-electron chi connectivity index (χ4n) is 4.92. The minimum Gasteiger partial charge on any atom is -0.0622 e. The van der Waals surface area contributed by atoms with Crippen LogP contribution in [0, 0.1) is 0 Å². The molecule has 1 aliphatic rings. The van der Waals surface area contributed by atoms with E-state index in [1.165, 1.54) is 33.4 Å². The van der Waals surface area contributed by atoms with Crippen molar-refractivity contribution in [3.8, 4) is 0 Å². The van der Waals surface area contributed by atoms with Gasteiger partial charge in [0.15, 0.2) is 0 Å². The highest BCUT2D eigenvalue weighted by Gasteiger charge is 2.54. The average Bonchev–Trinajstić information content (AvgIpc) is 3.51. The lowest BCUT2D eigenvalue weighted by Gasteiger charge is -2.22. The Kier molecular flexibility index (Phi) is 5.07. The van der Waals surface area contributed by atoms with Crippen molar-refractivity contribution in [2.75, 3.05) is 0 Å². The summed E-state index contributed by atoms with van der Waals surface area (Å²) < 4.78 is 0.